The number of hydrogen-bond acceptors (Lipinski definition) is 7. The molecule has 2 bridgehead atoms. The van der Waals surface area contributed by atoms with Crippen LogP contribution in [-0.2, 0) is 14.3 Å². The summed E-state index contributed by atoms with van der Waals surface area (Å²) in [7, 11) is 0. The van der Waals surface area contributed by atoms with Gasteiger partial charge < -0.3 is 9.47 Å². The van der Waals surface area contributed by atoms with Crippen LogP contribution in [0.1, 0.15) is 37.5 Å². The van der Waals surface area contributed by atoms with E-state index in [1.54, 1.807) is 36.4 Å². The molecule has 1 heterocycles. The molecule has 0 spiro atoms. The van der Waals surface area contributed by atoms with Gasteiger partial charge in [-0.3, -0.25) is 19.3 Å². The molecule has 3 fully saturated rings. The molecule has 11 heteroatoms. The monoisotopic (exact) mass is 757 g/mol. The number of esters is 2. The van der Waals surface area contributed by atoms with Crippen molar-refractivity contribution in [3.05, 3.63) is 94.0 Å². The summed E-state index contributed by atoms with van der Waals surface area (Å²) >= 11 is 10.7. The van der Waals surface area contributed by atoms with Crippen molar-refractivity contribution < 1.29 is 33.4 Å². The predicted octanol–water partition coefficient (Wildman–Crippen LogP) is 5.99. The van der Waals surface area contributed by atoms with Crippen LogP contribution in [0.5, 0.6) is 5.75 Å². The molecule has 8 nitrogen and oxygen atoms in total. The first-order chi connectivity index (χ1) is 20.1. The fourth-order valence-electron chi connectivity index (χ4n) is 6.13. The number of benzene rings is 3. The number of carbonyl (C=O) groups is 5. The van der Waals surface area contributed by atoms with Gasteiger partial charge in [-0.25, -0.2) is 9.59 Å². The molecule has 1 aliphatic heterocycles. The Kier molecular flexibility index (Phi) is 7.93. The minimum Gasteiger partial charge on any atom is -0.454 e. The number of hydrogen-bond donors (Lipinski definition) is 0. The summed E-state index contributed by atoms with van der Waals surface area (Å²) in [5, 5.41) is 0. The van der Waals surface area contributed by atoms with E-state index >= 15 is 0 Å². The molecular formula is C31H22Br3NO7. The number of fused-ring (bicyclic) bond motifs is 5. The van der Waals surface area contributed by atoms with Crippen LogP contribution in [0.2, 0.25) is 0 Å². The molecule has 2 saturated carbocycles. The van der Waals surface area contributed by atoms with Gasteiger partial charge in [0.15, 0.2) is 12.4 Å². The first-order valence-corrected chi connectivity index (χ1v) is 15.8. The second kappa shape index (κ2) is 11.5. The summed E-state index contributed by atoms with van der Waals surface area (Å²) in [5.74, 6) is -2.55. The summed E-state index contributed by atoms with van der Waals surface area (Å²) < 4.78 is 11.4. The van der Waals surface area contributed by atoms with Gasteiger partial charge in [0.25, 0.3) is 0 Å². The lowest BCUT2D eigenvalue weighted by molar-refractivity contribution is -0.123. The number of nitrogens with zero attached hydrogens (tertiary/aromatic N) is 1. The number of Topliss-reactive ketones (excluding diaryl/α,β-unsaturated/α-hetero) is 1. The van der Waals surface area contributed by atoms with Crippen molar-refractivity contribution in [1.82, 2.24) is 0 Å². The fourth-order valence-corrected chi connectivity index (χ4v) is 8.27. The van der Waals surface area contributed by atoms with Crippen molar-refractivity contribution in [2.45, 2.75) is 16.1 Å². The molecule has 3 aromatic rings. The number of halogens is 3. The maximum Gasteiger partial charge on any atom is 0.343 e. The largest absolute Gasteiger partial charge is 0.454 e. The van der Waals surface area contributed by atoms with Crippen molar-refractivity contribution in [1.29, 1.82) is 0 Å². The zero-order chi connectivity index (χ0) is 29.7. The van der Waals surface area contributed by atoms with E-state index in [0.717, 1.165) is 10.9 Å². The first-order valence-electron chi connectivity index (χ1n) is 13.2. The quantitative estimate of drug-likeness (QED) is 0.0959. The van der Waals surface area contributed by atoms with E-state index in [1.807, 2.05) is 0 Å². The predicted molar refractivity (Wildman–Crippen MR) is 163 cm³/mol. The van der Waals surface area contributed by atoms with Gasteiger partial charge in [-0.1, -0.05) is 53.9 Å². The van der Waals surface area contributed by atoms with E-state index in [-0.39, 0.29) is 62.0 Å². The van der Waals surface area contributed by atoms with E-state index in [0.29, 0.717) is 11.3 Å². The molecule has 0 N–H and O–H groups in total. The Morgan fingerprint density at radius 1 is 0.762 bits per heavy atom. The highest BCUT2D eigenvalue weighted by Gasteiger charge is 2.66. The Bertz CT molecular complexity index is 1580. The van der Waals surface area contributed by atoms with Crippen LogP contribution >= 0.6 is 47.8 Å². The highest BCUT2D eigenvalue weighted by molar-refractivity contribution is 9.12. The number of anilines is 1. The maximum atomic E-state index is 13.3. The average molecular weight is 760 g/mol. The van der Waals surface area contributed by atoms with Crippen LogP contribution < -0.4 is 9.64 Å². The smallest absolute Gasteiger partial charge is 0.343 e. The second-order valence-electron chi connectivity index (χ2n) is 10.5. The first kappa shape index (κ1) is 28.9. The summed E-state index contributed by atoms with van der Waals surface area (Å²) in [5.41, 5.74) is 1.07. The van der Waals surface area contributed by atoms with Crippen molar-refractivity contribution in [2.75, 3.05) is 11.5 Å². The Morgan fingerprint density at radius 2 is 1.36 bits per heavy atom. The van der Waals surface area contributed by atoms with Crippen molar-refractivity contribution in [3.63, 3.8) is 0 Å². The molecule has 1 saturated heterocycles. The van der Waals surface area contributed by atoms with Crippen molar-refractivity contribution in [2.24, 2.45) is 23.7 Å². The zero-order valence-corrected chi connectivity index (χ0v) is 26.5. The molecule has 3 aliphatic rings. The molecular weight excluding hydrogens is 738 g/mol. The summed E-state index contributed by atoms with van der Waals surface area (Å²) in [6.45, 7) is -0.518. The van der Waals surface area contributed by atoms with Gasteiger partial charge >= 0.3 is 11.9 Å². The minimum absolute atomic E-state index is 0.0811. The number of imide groups is 1. The lowest BCUT2D eigenvalue weighted by atomic mass is 9.81. The van der Waals surface area contributed by atoms with Gasteiger partial charge in [0.05, 0.1) is 28.7 Å². The number of ether oxygens (including phenoxy) is 2. The minimum atomic E-state index is -0.759. The third-order valence-corrected chi connectivity index (χ3v) is 11.9. The molecule has 42 heavy (non-hydrogen) atoms. The zero-order valence-electron chi connectivity index (χ0n) is 21.7. The normalized spacial score (nSPS) is 25.8. The summed E-state index contributed by atoms with van der Waals surface area (Å²) in [6, 6.07) is 18.8. The van der Waals surface area contributed by atoms with E-state index in [4.69, 9.17) is 9.47 Å². The number of rotatable bonds is 7. The molecule has 6 unspecified atom stereocenters. The third-order valence-electron chi connectivity index (χ3n) is 8.13. The number of alkyl halides is 2. The molecule has 6 rings (SSSR count). The SMILES string of the molecule is O=C(COC(=O)c1cccc(N2C(=O)C3C4CC(C(Br)C4Br)C3C2=O)c1)c1ccc(OC(=O)c2ccc(Br)cc2)cc1. The van der Waals surface area contributed by atoms with Crippen LogP contribution in [-0.4, -0.2) is 45.8 Å². The lowest BCUT2D eigenvalue weighted by Gasteiger charge is -2.28. The van der Waals surface area contributed by atoms with Crippen LogP contribution in [0.25, 0.3) is 0 Å². The molecule has 0 aromatic heterocycles. The number of carbonyl (C=O) groups excluding carboxylic acids is 5. The molecule has 2 amide bonds. The molecule has 0 radical (unpaired) electrons. The summed E-state index contributed by atoms with van der Waals surface area (Å²) in [6.07, 6.45) is 0.826. The standard InChI is InChI=1S/C31H22Br3NO7/c32-18-8-4-16(5-9-18)31(40)42-20-10-6-15(7-11-20)23(36)14-41-30(39)17-2-1-3-19(12-17)35-28(37)24-21-13-22(25(24)29(35)38)27(34)26(21)33/h1-12,21-22,24-27H,13-14H2. The Labute approximate surface area is 266 Å². The molecule has 2 aliphatic carbocycles. The van der Waals surface area contributed by atoms with Crippen molar-refractivity contribution >= 4 is 83.0 Å². The third kappa shape index (κ3) is 5.16. The highest BCUT2D eigenvalue weighted by Crippen LogP contribution is 2.60. The number of ketones is 1. The lowest BCUT2D eigenvalue weighted by Crippen LogP contribution is -2.37. The Morgan fingerprint density at radius 3 is 1.98 bits per heavy atom. The van der Waals surface area contributed by atoms with E-state index in [1.165, 1.54) is 41.3 Å². The molecule has 3 aromatic carbocycles. The van der Waals surface area contributed by atoms with Gasteiger partial charge in [0.1, 0.15) is 5.75 Å². The van der Waals surface area contributed by atoms with Crippen LogP contribution in [0.4, 0.5) is 5.69 Å². The second-order valence-corrected chi connectivity index (χ2v) is 13.5. The fraction of sp³-hybridized carbons (Fsp3) is 0.258. The van der Waals surface area contributed by atoms with Crippen LogP contribution in [0.3, 0.4) is 0 Å². The maximum absolute atomic E-state index is 13.3. The Balaban J connectivity index is 1.07. The average Bonchev–Trinajstić information content (AvgIpc) is 3.61. The van der Waals surface area contributed by atoms with Gasteiger partial charge in [-0.15, -0.1) is 0 Å². The van der Waals surface area contributed by atoms with Crippen molar-refractivity contribution in [3.8, 4) is 5.75 Å². The Hall–Kier alpha value is -3.15. The number of amides is 2. The molecule has 214 valence electrons. The van der Waals surface area contributed by atoms with Gasteiger partial charge in [-0.05, 0) is 85.0 Å². The van der Waals surface area contributed by atoms with Gasteiger partial charge in [-0.2, -0.15) is 0 Å². The van der Waals surface area contributed by atoms with Crippen LogP contribution in [0.15, 0.2) is 77.3 Å². The van der Waals surface area contributed by atoms with Crippen LogP contribution in [0, 0.1) is 23.7 Å². The van der Waals surface area contributed by atoms with E-state index in [2.05, 4.69) is 47.8 Å². The molecule has 6 atom stereocenters. The van der Waals surface area contributed by atoms with Gasteiger partial charge in [0, 0.05) is 19.7 Å². The van der Waals surface area contributed by atoms with E-state index in [9.17, 15) is 24.0 Å². The van der Waals surface area contributed by atoms with Gasteiger partial charge in [0.2, 0.25) is 11.8 Å². The summed E-state index contributed by atoms with van der Waals surface area (Å²) in [4.78, 5) is 65.9. The topological polar surface area (TPSA) is 107 Å². The highest BCUT2D eigenvalue weighted by atomic mass is 79.9. The van der Waals surface area contributed by atoms with E-state index < -0.39 is 24.3 Å².